The molecule has 1 aromatic heterocycles. The molecule has 0 amide bonds. The Labute approximate surface area is 111 Å². The molecule has 1 fully saturated rings. The number of nitrogens with two attached hydrogens (primary N) is 1. The molecule has 17 heavy (non-hydrogen) atoms. The van der Waals surface area contributed by atoms with Crippen molar-refractivity contribution >= 4 is 34.6 Å². The third-order valence-corrected chi connectivity index (χ3v) is 3.02. The zero-order chi connectivity index (χ0) is 12.3. The van der Waals surface area contributed by atoms with Gasteiger partial charge in [-0.3, -0.25) is 4.90 Å². The highest BCUT2D eigenvalue weighted by Crippen LogP contribution is 2.13. The molecule has 0 aromatic carbocycles. The van der Waals surface area contributed by atoms with Crippen molar-refractivity contribution in [2.75, 3.05) is 37.6 Å². The first-order chi connectivity index (χ1) is 8.15. The molecule has 0 aliphatic carbocycles. The average Bonchev–Trinajstić information content (AvgIpc) is 2.30. The fourth-order valence-corrected chi connectivity index (χ4v) is 2.12. The number of piperazine rings is 1. The SMILES string of the molecule is NC(=S)CN1CCN(c2ccc(Cl)nn2)CC1. The fraction of sp³-hybridized carbons (Fsp3) is 0.500. The van der Waals surface area contributed by atoms with Crippen LogP contribution in [0.25, 0.3) is 0 Å². The van der Waals surface area contributed by atoms with Crippen molar-refractivity contribution in [1.29, 1.82) is 0 Å². The molecule has 2 rings (SSSR count). The van der Waals surface area contributed by atoms with Crippen LogP contribution >= 0.6 is 23.8 Å². The lowest BCUT2D eigenvalue weighted by Crippen LogP contribution is -2.48. The summed E-state index contributed by atoms with van der Waals surface area (Å²) < 4.78 is 0. The highest BCUT2D eigenvalue weighted by Gasteiger charge is 2.18. The molecule has 7 heteroatoms. The number of thiocarbonyl (C=S) groups is 1. The van der Waals surface area contributed by atoms with Gasteiger partial charge in [-0.05, 0) is 12.1 Å². The minimum absolute atomic E-state index is 0.417. The average molecular weight is 272 g/mol. The number of aromatic nitrogens is 2. The number of anilines is 1. The summed E-state index contributed by atoms with van der Waals surface area (Å²) in [6.07, 6.45) is 0. The second-order valence-electron chi connectivity index (χ2n) is 3.94. The van der Waals surface area contributed by atoms with Gasteiger partial charge in [-0.1, -0.05) is 23.8 Å². The normalized spacial score (nSPS) is 17.1. The standard InChI is InChI=1S/C10H14ClN5S/c11-8-1-2-10(14-13-8)16-5-3-15(4-6-16)7-9(12)17/h1-2H,3-7H2,(H2,12,17). The Morgan fingerprint density at radius 1 is 1.29 bits per heavy atom. The molecule has 0 bridgehead atoms. The van der Waals surface area contributed by atoms with E-state index in [1.807, 2.05) is 6.07 Å². The van der Waals surface area contributed by atoms with E-state index in [1.165, 1.54) is 0 Å². The minimum atomic E-state index is 0.417. The Morgan fingerprint density at radius 2 is 2.00 bits per heavy atom. The van der Waals surface area contributed by atoms with E-state index in [0.717, 1.165) is 32.0 Å². The van der Waals surface area contributed by atoms with E-state index in [1.54, 1.807) is 6.07 Å². The molecule has 1 aliphatic heterocycles. The molecular weight excluding hydrogens is 258 g/mol. The van der Waals surface area contributed by atoms with Crippen LogP contribution in [0, 0.1) is 0 Å². The molecule has 1 aromatic rings. The van der Waals surface area contributed by atoms with Gasteiger partial charge in [-0.15, -0.1) is 10.2 Å². The molecule has 5 nitrogen and oxygen atoms in total. The highest BCUT2D eigenvalue weighted by atomic mass is 35.5. The number of halogens is 1. The van der Waals surface area contributed by atoms with Crippen molar-refractivity contribution in [3.8, 4) is 0 Å². The first-order valence-electron chi connectivity index (χ1n) is 5.40. The number of rotatable bonds is 3. The van der Waals surface area contributed by atoms with Crippen molar-refractivity contribution < 1.29 is 0 Å². The minimum Gasteiger partial charge on any atom is -0.392 e. The molecule has 2 N–H and O–H groups in total. The van der Waals surface area contributed by atoms with Gasteiger partial charge >= 0.3 is 0 Å². The topological polar surface area (TPSA) is 58.3 Å². The van der Waals surface area contributed by atoms with Crippen LogP contribution < -0.4 is 10.6 Å². The van der Waals surface area contributed by atoms with Crippen LogP contribution in [0.4, 0.5) is 5.82 Å². The summed E-state index contributed by atoms with van der Waals surface area (Å²) in [6.45, 7) is 4.36. The van der Waals surface area contributed by atoms with E-state index in [-0.39, 0.29) is 0 Å². The zero-order valence-corrected chi connectivity index (χ0v) is 10.9. The van der Waals surface area contributed by atoms with E-state index >= 15 is 0 Å². The number of hydrogen-bond donors (Lipinski definition) is 1. The summed E-state index contributed by atoms with van der Waals surface area (Å²) in [5.74, 6) is 0.865. The van der Waals surface area contributed by atoms with Crippen molar-refractivity contribution in [2.24, 2.45) is 5.73 Å². The first-order valence-corrected chi connectivity index (χ1v) is 6.18. The van der Waals surface area contributed by atoms with Gasteiger partial charge in [0.05, 0.1) is 4.99 Å². The molecule has 1 aliphatic rings. The van der Waals surface area contributed by atoms with Gasteiger partial charge in [-0.2, -0.15) is 0 Å². The molecule has 0 radical (unpaired) electrons. The van der Waals surface area contributed by atoms with Crippen molar-refractivity contribution in [1.82, 2.24) is 15.1 Å². The zero-order valence-electron chi connectivity index (χ0n) is 9.34. The van der Waals surface area contributed by atoms with Crippen LogP contribution in [0.15, 0.2) is 12.1 Å². The monoisotopic (exact) mass is 271 g/mol. The first kappa shape index (κ1) is 12.5. The Balaban J connectivity index is 1.90. The van der Waals surface area contributed by atoms with Crippen molar-refractivity contribution in [2.45, 2.75) is 0 Å². The van der Waals surface area contributed by atoms with Crippen LogP contribution in [0.1, 0.15) is 0 Å². The third-order valence-electron chi connectivity index (χ3n) is 2.69. The second-order valence-corrected chi connectivity index (χ2v) is 4.86. The van der Waals surface area contributed by atoms with Gasteiger partial charge in [0.25, 0.3) is 0 Å². The smallest absolute Gasteiger partial charge is 0.151 e. The van der Waals surface area contributed by atoms with E-state index in [0.29, 0.717) is 16.7 Å². The second kappa shape index (κ2) is 5.57. The largest absolute Gasteiger partial charge is 0.392 e. The molecular formula is C10H14ClN5S. The Kier molecular flexibility index (Phi) is 4.09. The number of nitrogens with zero attached hydrogens (tertiary/aromatic N) is 4. The predicted molar refractivity (Wildman–Crippen MR) is 72.5 cm³/mol. The fourth-order valence-electron chi connectivity index (χ4n) is 1.83. The van der Waals surface area contributed by atoms with E-state index < -0.39 is 0 Å². The van der Waals surface area contributed by atoms with Crippen LogP contribution in [0.5, 0.6) is 0 Å². The predicted octanol–water partition coefficient (Wildman–Crippen LogP) is 0.538. The summed E-state index contributed by atoms with van der Waals surface area (Å²) >= 11 is 10.6. The summed E-state index contributed by atoms with van der Waals surface area (Å²) in [6, 6.07) is 3.64. The van der Waals surface area contributed by atoms with Crippen LogP contribution in [0.2, 0.25) is 5.15 Å². The van der Waals surface area contributed by atoms with Crippen molar-refractivity contribution in [3.05, 3.63) is 17.3 Å². The summed E-state index contributed by atoms with van der Waals surface area (Å²) in [5.41, 5.74) is 5.52. The highest BCUT2D eigenvalue weighted by molar-refractivity contribution is 7.80. The third kappa shape index (κ3) is 3.49. The van der Waals surface area contributed by atoms with Gasteiger partial charge in [0.15, 0.2) is 11.0 Å². The van der Waals surface area contributed by atoms with Gasteiger partial charge in [0.2, 0.25) is 0 Å². The van der Waals surface area contributed by atoms with E-state index in [9.17, 15) is 0 Å². The molecule has 0 spiro atoms. The lowest BCUT2D eigenvalue weighted by atomic mass is 10.3. The maximum Gasteiger partial charge on any atom is 0.151 e. The van der Waals surface area contributed by atoms with Gasteiger partial charge in [0.1, 0.15) is 0 Å². The maximum atomic E-state index is 5.70. The molecule has 0 saturated carbocycles. The molecule has 2 heterocycles. The van der Waals surface area contributed by atoms with Crippen LogP contribution in [-0.2, 0) is 0 Å². The van der Waals surface area contributed by atoms with Crippen LogP contribution in [-0.4, -0.2) is 52.8 Å². The summed E-state index contributed by atoms with van der Waals surface area (Å²) in [5, 5.41) is 8.32. The Hall–Kier alpha value is -0.980. The molecule has 0 atom stereocenters. The lowest BCUT2D eigenvalue weighted by molar-refractivity contribution is 0.291. The van der Waals surface area contributed by atoms with Crippen LogP contribution in [0.3, 0.4) is 0 Å². The van der Waals surface area contributed by atoms with E-state index in [4.69, 9.17) is 29.6 Å². The van der Waals surface area contributed by atoms with Gasteiger partial charge in [0, 0.05) is 32.7 Å². The van der Waals surface area contributed by atoms with Crippen molar-refractivity contribution in [3.63, 3.8) is 0 Å². The molecule has 92 valence electrons. The lowest BCUT2D eigenvalue weighted by Gasteiger charge is -2.34. The Morgan fingerprint density at radius 3 is 2.53 bits per heavy atom. The number of hydrogen-bond acceptors (Lipinski definition) is 5. The summed E-state index contributed by atoms with van der Waals surface area (Å²) in [7, 11) is 0. The van der Waals surface area contributed by atoms with Gasteiger partial charge in [-0.25, -0.2) is 0 Å². The molecule has 1 saturated heterocycles. The quantitative estimate of drug-likeness (QED) is 0.810. The Bertz CT molecular complexity index is 388. The molecule has 0 unspecified atom stereocenters. The van der Waals surface area contributed by atoms with E-state index in [2.05, 4.69) is 20.0 Å². The maximum absolute atomic E-state index is 5.70. The van der Waals surface area contributed by atoms with Gasteiger partial charge < -0.3 is 10.6 Å². The summed E-state index contributed by atoms with van der Waals surface area (Å²) in [4.78, 5) is 4.96.